The van der Waals surface area contributed by atoms with Gasteiger partial charge in [0.05, 0.1) is 9.92 Å². The van der Waals surface area contributed by atoms with Gasteiger partial charge in [-0.3, -0.25) is 4.79 Å². The Balaban J connectivity index is 1.28. The summed E-state index contributed by atoms with van der Waals surface area (Å²) >= 11 is 5.73. The third kappa shape index (κ3) is 5.05. The summed E-state index contributed by atoms with van der Waals surface area (Å²) in [5.41, 5.74) is 0.925. The Morgan fingerprint density at radius 2 is 1.84 bits per heavy atom. The molecule has 2 aliphatic heterocycles. The summed E-state index contributed by atoms with van der Waals surface area (Å²) in [4.78, 5) is 19.3. The molecule has 0 saturated carbocycles. The molecule has 2 aromatic rings. The maximum atomic E-state index is 13.4. The normalized spacial score (nSPS) is 18.1. The topological polar surface area (TPSA) is 82.6 Å². The lowest BCUT2D eigenvalue weighted by molar-refractivity contribution is -0.126. The van der Waals surface area contributed by atoms with Gasteiger partial charge in [-0.15, -0.1) is 0 Å². The molecule has 3 heterocycles. The molecule has 10 heteroatoms. The molecular formula is C22H26ClFN4O3S. The Labute approximate surface area is 192 Å². The number of rotatable bonds is 6. The molecule has 1 N–H and O–H groups in total. The summed E-state index contributed by atoms with van der Waals surface area (Å²) in [6.07, 6.45) is 5.02. The van der Waals surface area contributed by atoms with Gasteiger partial charge in [-0.1, -0.05) is 17.7 Å². The van der Waals surface area contributed by atoms with E-state index in [-0.39, 0.29) is 34.8 Å². The van der Waals surface area contributed by atoms with Crippen molar-refractivity contribution in [3.8, 4) is 0 Å². The first-order valence-corrected chi connectivity index (χ1v) is 12.6. The van der Waals surface area contributed by atoms with Crippen LogP contribution in [-0.4, -0.2) is 49.8 Å². The Bertz CT molecular complexity index is 1070. The van der Waals surface area contributed by atoms with Crippen LogP contribution in [0.5, 0.6) is 0 Å². The van der Waals surface area contributed by atoms with Crippen molar-refractivity contribution in [3.05, 3.63) is 52.9 Å². The Hall–Kier alpha value is -2.23. The number of nitrogens with one attached hydrogen (secondary N) is 1. The van der Waals surface area contributed by atoms with Crippen LogP contribution in [0.3, 0.4) is 0 Å². The van der Waals surface area contributed by atoms with Gasteiger partial charge in [0.25, 0.3) is 0 Å². The number of hydrogen-bond acceptors (Lipinski definition) is 5. The van der Waals surface area contributed by atoms with Crippen molar-refractivity contribution in [3.63, 3.8) is 0 Å². The smallest absolute Gasteiger partial charge is 0.243 e. The van der Waals surface area contributed by atoms with E-state index < -0.39 is 15.8 Å². The lowest BCUT2D eigenvalue weighted by Crippen LogP contribution is -2.42. The molecule has 1 amide bonds. The predicted octanol–water partition coefficient (Wildman–Crippen LogP) is 3.19. The molecular weight excluding hydrogens is 455 g/mol. The quantitative estimate of drug-likeness (QED) is 0.686. The van der Waals surface area contributed by atoms with Crippen molar-refractivity contribution in [2.75, 3.05) is 31.1 Å². The van der Waals surface area contributed by atoms with Gasteiger partial charge in [-0.05, 0) is 55.5 Å². The fraction of sp³-hybridized carbons (Fsp3) is 0.455. The molecule has 2 aliphatic rings. The molecule has 0 atom stereocenters. The highest BCUT2D eigenvalue weighted by Crippen LogP contribution is 2.26. The minimum atomic E-state index is -3.78. The predicted molar refractivity (Wildman–Crippen MR) is 120 cm³/mol. The third-order valence-electron chi connectivity index (χ3n) is 6.06. The average Bonchev–Trinajstić information content (AvgIpc) is 3.34. The largest absolute Gasteiger partial charge is 0.357 e. The molecule has 2 fully saturated rings. The van der Waals surface area contributed by atoms with E-state index in [0.29, 0.717) is 19.4 Å². The van der Waals surface area contributed by atoms with E-state index in [9.17, 15) is 17.6 Å². The minimum Gasteiger partial charge on any atom is -0.357 e. The lowest BCUT2D eigenvalue weighted by atomic mass is 9.97. The molecule has 4 rings (SSSR count). The second kappa shape index (κ2) is 9.72. The number of amides is 1. The molecule has 0 radical (unpaired) electrons. The zero-order valence-electron chi connectivity index (χ0n) is 17.6. The number of halogens is 2. The maximum absolute atomic E-state index is 13.4. The van der Waals surface area contributed by atoms with Gasteiger partial charge in [-0.25, -0.2) is 17.8 Å². The van der Waals surface area contributed by atoms with Crippen molar-refractivity contribution in [2.24, 2.45) is 5.92 Å². The van der Waals surface area contributed by atoms with E-state index in [1.165, 1.54) is 23.2 Å². The fourth-order valence-corrected chi connectivity index (χ4v) is 5.87. The van der Waals surface area contributed by atoms with Gasteiger partial charge in [0.2, 0.25) is 15.9 Å². The molecule has 1 aromatic heterocycles. The Morgan fingerprint density at radius 1 is 1.12 bits per heavy atom. The SMILES string of the molecule is O=C(NCc1ccc(N2CCCC2)nc1)C1CCN(S(=O)(=O)c2ccc(F)c(Cl)c2)CC1. The van der Waals surface area contributed by atoms with Crippen LogP contribution in [0.1, 0.15) is 31.2 Å². The average molecular weight is 481 g/mol. The number of carbonyl (C=O) groups is 1. The first-order valence-electron chi connectivity index (χ1n) is 10.8. The zero-order valence-corrected chi connectivity index (χ0v) is 19.2. The van der Waals surface area contributed by atoms with E-state index in [4.69, 9.17) is 11.6 Å². The van der Waals surface area contributed by atoms with Gasteiger partial charge in [0.15, 0.2) is 0 Å². The van der Waals surface area contributed by atoms with Gasteiger partial charge in [-0.2, -0.15) is 4.31 Å². The van der Waals surface area contributed by atoms with E-state index >= 15 is 0 Å². The number of nitrogens with zero attached hydrogens (tertiary/aromatic N) is 3. The van der Waals surface area contributed by atoms with Gasteiger partial charge >= 0.3 is 0 Å². The van der Waals surface area contributed by atoms with E-state index in [1.54, 1.807) is 6.20 Å². The Kier molecular flexibility index (Phi) is 6.97. The second-order valence-corrected chi connectivity index (χ2v) is 10.5. The minimum absolute atomic E-state index is 0.0447. The number of carbonyl (C=O) groups excluding carboxylic acids is 1. The molecule has 0 spiro atoms. The number of piperidine rings is 1. The summed E-state index contributed by atoms with van der Waals surface area (Å²) in [7, 11) is -3.78. The first-order chi connectivity index (χ1) is 15.3. The molecule has 2 saturated heterocycles. The summed E-state index contributed by atoms with van der Waals surface area (Å²) in [6, 6.07) is 7.33. The van der Waals surface area contributed by atoms with Crippen molar-refractivity contribution < 1.29 is 17.6 Å². The van der Waals surface area contributed by atoms with Gasteiger partial charge < -0.3 is 10.2 Å². The molecule has 32 heavy (non-hydrogen) atoms. The summed E-state index contributed by atoms with van der Waals surface area (Å²) in [5.74, 6) is -0.0407. The highest BCUT2D eigenvalue weighted by atomic mass is 35.5. The zero-order chi connectivity index (χ0) is 22.7. The van der Waals surface area contributed by atoms with Crippen molar-refractivity contribution in [1.82, 2.24) is 14.6 Å². The number of benzene rings is 1. The van der Waals surface area contributed by atoms with Crippen molar-refractivity contribution >= 4 is 33.3 Å². The number of pyridine rings is 1. The van der Waals surface area contributed by atoms with Crippen LogP contribution in [0, 0.1) is 11.7 Å². The molecule has 1 aromatic carbocycles. The molecule has 0 unspecified atom stereocenters. The number of anilines is 1. The van der Waals surface area contributed by atoms with Crippen molar-refractivity contribution in [2.45, 2.75) is 37.1 Å². The second-order valence-electron chi connectivity index (χ2n) is 8.19. The van der Waals surface area contributed by atoms with Crippen LogP contribution >= 0.6 is 11.6 Å². The first kappa shape index (κ1) is 22.9. The van der Waals surface area contributed by atoms with E-state index in [1.807, 2.05) is 12.1 Å². The number of aromatic nitrogens is 1. The van der Waals surface area contributed by atoms with Crippen LogP contribution in [0.2, 0.25) is 5.02 Å². The standard InChI is InChI=1S/C22H26ClFN4O3S/c23-19-13-18(4-5-20(19)24)32(30,31)28-11-7-17(8-12-28)22(29)26-15-16-3-6-21(25-14-16)27-9-1-2-10-27/h3-6,13-14,17H,1-2,7-12,15H2,(H,26,29). The fourth-order valence-electron chi connectivity index (χ4n) is 4.13. The lowest BCUT2D eigenvalue weighted by Gasteiger charge is -2.30. The summed E-state index contributed by atoms with van der Waals surface area (Å²) in [6.45, 7) is 2.90. The van der Waals surface area contributed by atoms with Crippen LogP contribution in [0.25, 0.3) is 0 Å². The van der Waals surface area contributed by atoms with Crippen molar-refractivity contribution in [1.29, 1.82) is 0 Å². The van der Waals surface area contributed by atoms with Crippen LogP contribution in [0.4, 0.5) is 10.2 Å². The van der Waals surface area contributed by atoms with Crippen LogP contribution in [0.15, 0.2) is 41.4 Å². The monoisotopic (exact) mass is 480 g/mol. The highest BCUT2D eigenvalue weighted by molar-refractivity contribution is 7.89. The van der Waals surface area contributed by atoms with E-state index in [2.05, 4.69) is 15.2 Å². The summed E-state index contributed by atoms with van der Waals surface area (Å²) in [5, 5.41) is 2.70. The highest BCUT2D eigenvalue weighted by Gasteiger charge is 2.32. The van der Waals surface area contributed by atoms with Gasteiger partial charge in [0.1, 0.15) is 11.6 Å². The summed E-state index contributed by atoms with van der Waals surface area (Å²) < 4.78 is 40.3. The Morgan fingerprint density at radius 3 is 2.47 bits per heavy atom. The van der Waals surface area contributed by atoms with Gasteiger partial charge in [0, 0.05) is 44.8 Å². The molecule has 7 nitrogen and oxygen atoms in total. The molecule has 0 bridgehead atoms. The van der Waals surface area contributed by atoms with Crippen LogP contribution < -0.4 is 10.2 Å². The van der Waals surface area contributed by atoms with Crippen LogP contribution in [-0.2, 0) is 21.4 Å². The van der Waals surface area contributed by atoms with E-state index in [0.717, 1.165) is 36.6 Å². The number of hydrogen-bond donors (Lipinski definition) is 1. The third-order valence-corrected chi connectivity index (χ3v) is 8.24. The molecule has 0 aliphatic carbocycles. The maximum Gasteiger partial charge on any atom is 0.243 e. The molecule has 172 valence electrons. The number of sulfonamides is 1.